The average molecular weight is 376 g/mol. The standard InChI is InChI=1S/C23H20O5/c24-19-9-6-17(7-10-19)8-11-20(25)14-21(26)12-13-22-15-27-16-23(28-22)18-4-2-1-3-5-18/h1-2,4,6-13,15-16,24H,3,5,14H2/b11-8+,13-12+. The minimum absolute atomic E-state index is 0.154. The Bertz CT molecular complexity index is 924. The van der Waals surface area contributed by atoms with Crippen LogP contribution in [0.25, 0.3) is 6.08 Å². The number of carbonyl (C=O) groups excluding carboxylic acids is 2. The Hall–Kier alpha value is -3.60. The molecule has 1 aliphatic heterocycles. The van der Waals surface area contributed by atoms with Gasteiger partial charge in [-0.15, -0.1) is 0 Å². The summed E-state index contributed by atoms with van der Waals surface area (Å²) in [5, 5.41) is 9.23. The largest absolute Gasteiger partial charge is 0.508 e. The summed E-state index contributed by atoms with van der Waals surface area (Å²) in [5.74, 6) is 0.527. The summed E-state index contributed by atoms with van der Waals surface area (Å²) in [6.07, 6.45) is 16.3. The van der Waals surface area contributed by atoms with Crippen molar-refractivity contribution in [2.45, 2.75) is 19.3 Å². The number of ether oxygens (including phenoxy) is 2. The Balaban J connectivity index is 1.50. The van der Waals surface area contributed by atoms with Crippen molar-refractivity contribution >= 4 is 17.6 Å². The number of hydrogen-bond acceptors (Lipinski definition) is 5. The van der Waals surface area contributed by atoms with Crippen molar-refractivity contribution in [3.05, 3.63) is 95.9 Å². The molecule has 0 radical (unpaired) electrons. The first-order valence-electron chi connectivity index (χ1n) is 8.91. The fourth-order valence-corrected chi connectivity index (χ4v) is 2.60. The Labute approximate surface area is 163 Å². The van der Waals surface area contributed by atoms with Gasteiger partial charge >= 0.3 is 0 Å². The van der Waals surface area contributed by atoms with Crippen LogP contribution in [0.15, 0.2) is 90.3 Å². The third-order valence-electron chi connectivity index (χ3n) is 4.05. The van der Waals surface area contributed by atoms with Gasteiger partial charge in [0.2, 0.25) is 0 Å². The average Bonchev–Trinajstić information content (AvgIpc) is 2.73. The molecule has 0 amide bonds. The molecule has 1 aromatic rings. The maximum Gasteiger partial charge on any atom is 0.165 e. The van der Waals surface area contributed by atoms with Gasteiger partial charge in [0.1, 0.15) is 18.3 Å². The van der Waals surface area contributed by atoms with Crippen LogP contribution in [-0.2, 0) is 19.1 Å². The molecule has 0 bridgehead atoms. The highest BCUT2D eigenvalue weighted by atomic mass is 16.5. The van der Waals surface area contributed by atoms with Crippen molar-refractivity contribution in [2.24, 2.45) is 0 Å². The molecule has 0 fully saturated rings. The molecular formula is C23H20O5. The summed E-state index contributed by atoms with van der Waals surface area (Å²) < 4.78 is 11.0. The molecule has 1 heterocycles. The van der Waals surface area contributed by atoms with Crippen LogP contribution in [0.4, 0.5) is 0 Å². The second-order valence-corrected chi connectivity index (χ2v) is 6.27. The van der Waals surface area contributed by atoms with Crippen molar-refractivity contribution < 1.29 is 24.2 Å². The van der Waals surface area contributed by atoms with Crippen LogP contribution in [0.1, 0.15) is 24.8 Å². The van der Waals surface area contributed by atoms with E-state index >= 15 is 0 Å². The topological polar surface area (TPSA) is 72.8 Å². The molecule has 3 rings (SSSR count). The minimum atomic E-state index is -0.333. The van der Waals surface area contributed by atoms with Crippen LogP contribution in [0, 0.1) is 0 Å². The van der Waals surface area contributed by atoms with Gasteiger partial charge in [0.05, 0.1) is 6.42 Å². The van der Waals surface area contributed by atoms with Crippen molar-refractivity contribution in [1.29, 1.82) is 0 Å². The summed E-state index contributed by atoms with van der Waals surface area (Å²) in [5.41, 5.74) is 1.79. The first kappa shape index (κ1) is 19.2. The number of allylic oxidation sites excluding steroid dienone is 7. The predicted octanol–water partition coefficient (Wildman–Crippen LogP) is 4.50. The van der Waals surface area contributed by atoms with Gasteiger partial charge in [-0.25, -0.2) is 0 Å². The molecule has 0 spiro atoms. The zero-order valence-corrected chi connectivity index (χ0v) is 15.2. The lowest BCUT2D eigenvalue weighted by atomic mass is 10.0. The van der Waals surface area contributed by atoms with Gasteiger partial charge in [-0.1, -0.05) is 36.4 Å². The molecule has 2 aliphatic rings. The molecule has 1 aromatic carbocycles. The summed E-state index contributed by atoms with van der Waals surface area (Å²) >= 11 is 0. The Morgan fingerprint density at radius 2 is 1.79 bits per heavy atom. The van der Waals surface area contributed by atoms with Gasteiger partial charge in [-0.3, -0.25) is 9.59 Å². The fraction of sp³-hybridized carbons (Fsp3) is 0.130. The fourth-order valence-electron chi connectivity index (χ4n) is 2.60. The van der Waals surface area contributed by atoms with Crippen LogP contribution < -0.4 is 0 Å². The Morgan fingerprint density at radius 1 is 1.04 bits per heavy atom. The summed E-state index contributed by atoms with van der Waals surface area (Å²) in [6, 6.07) is 6.41. The lowest BCUT2D eigenvalue weighted by Gasteiger charge is -2.17. The zero-order chi connectivity index (χ0) is 19.8. The number of benzene rings is 1. The van der Waals surface area contributed by atoms with Crippen LogP contribution >= 0.6 is 0 Å². The number of rotatable bonds is 7. The molecule has 5 heteroatoms. The van der Waals surface area contributed by atoms with Crippen molar-refractivity contribution in [2.75, 3.05) is 0 Å². The maximum absolute atomic E-state index is 12.0. The second kappa shape index (κ2) is 9.37. The lowest BCUT2D eigenvalue weighted by Crippen LogP contribution is -2.04. The number of ketones is 2. The minimum Gasteiger partial charge on any atom is -0.508 e. The number of aromatic hydroxyl groups is 1. The maximum atomic E-state index is 12.0. The van der Waals surface area contributed by atoms with Crippen LogP contribution in [0.3, 0.4) is 0 Å². The van der Waals surface area contributed by atoms with Crippen LogP contribution in [0.5, 0.6) is 5.75 Å². The third-order valence-corrected chi connectivity index (χ3v) is 4.05. The van der Waals surface area contributed by atoms with Gasteiger partial charge in [-0.2, -0.15) is 0 Å². The van der Waals surface area contributed by atoms with Crippen LogP contribution in [0.2, 0.25) is 0 Å². The summed E-state index contributed by atoms with van der Waals surface area (Å²) in [7, 11) is 0. The Morgan fingerprint density at radius 3 is 2.50 bits per heavy atom. The molecule has 142 valence electrons. The summed E-state index contributed by atoms with van der Waals surface area (Å²) in [4.78, 5) is 23.9. The molecule has 5 nitrogen and oxygen atoms in total. The van der Waals surface area contributed by atoms with E-state index in [-0.39, 0.29) is 23.7 Å². The molecule has 0 saturated heterocycles. The van der Waals surface area contributed by atoms with E-state index in [0.29, 0.717) is 11.5 Å². The smallest absolute Gasteiger partial charge is 0.165 e. The van der Waals surface area contributed by atoms with Gasteiger partial charge in [0.25, 0.3) is 0 Å². The van der Waals surface area contributed by atoms with E-state index < -0.39 is 0 Å². The first-order chi connectivity index (χ1) is 13.6. The van der Waals surface area contributed by atoms with E-state index in [1.807, 2.05) is 12.2 Å². The number of phenolic OH excluding ortho intramolecular Hbond substituents is 1. The molecule has 0 atom stereocenters. The number of phenols is 1. The van der Waals surface area contributed by atoms with E-state index in [4.69, 9.17) is 9.47 Å². The molecule has 1 N–H and O–H groups in total. The van der Waals surface area contributed by atoms with Crippen LogP contribution in [-0.4, -0.2) is 16.7 Å². The monoisotopic (exact) mass is 376 g/mol. The molecule has 28 heavy (non-hydrogen) atoms. The molecule has 0 saturated carbocycles. The van der Waals surface area contributed by atoms with Crippen molar-refractivity contribution in [1.82, 2.24) is 0 Å². The molecule has 0 unspecified atom stereocenters. The first-order valence-corrected chi connectivity index (χ1v) is 8.91. The highest BCUT2D eigenvalue weighted by Gasteiger charge is 2.14. The van der Waals surface area contributed by atoms with E-state index in [1.165, 1.54) is 42.9 Å². The van der Waals surface area contributed by atoms with E-state index in [0.717, 1.165) is 24.0 Å². The predicted molar refractivity (Wildman–Crippen MR) is 106 cm³/mol. The van der Waals surface area contributed by atoms with Gasteiger partial charge in [0.15, 0.2) is 23.1 Å². The number of hydrogen-bond donors (Lipinski definition) is 1. The normalized spacial score (nSPS) is 16.2. The van der Waals surface area contributed by atoms with E-state index in [2.05, 4.69) is 6.08 Å². The molecule has 1 aliphatic carbocycles. The Kier molecular flexibility index (Phi) is 6.41. The summed E-state index contributed by atoms with van der Waals surface area (Å²) in [6.45, 7) is 0. The lowest BCUT2D eigenvalue weighted by molar-refractivity contribution is -0.121. The quantitative estimate of drug-likeness (QED) is 0.560. The van der Waals surface area contributed by atoms with Crippen molar-refractivity contribution in [3.8, 4) is 5.75 Å². The van der Waals surface area contributed by atoms with Gasteiger partial charge in [-0.05, 0) is 54.3 Å². The zero-order valence-electron chi connectivity index (χ0n) is 15.2. The van der Waals surface area contributed by atoms with E-state index in [9.17, 15) is 14.7 Å². The van der Waals surface area contributed by atoms with E-state index in [1.54, 1.807) is 18.2 Å². The van der Waals surface area contributed by atoms with Gasteiger partial charge in [0, 0.05) is 0 Å². The highest BCUT2D eigenvalue weighted by molar-refractivity contribution is 6.09. The number of carbonyl (C=O) groups is 2. The second-order valence-electron chi connectivity index (χ2n) is 6.27. The van der Waals surface area contributed by atoms with Gasteiger partial charge < -0.3 is 14.6 Å². The SMILES string of the molecule is O=C(/C=C/C1=COC=C(C2=CC=CCC2)O1)CC(=O)/C=C/c1ccc(O)cc1. The molecule has 0 aromatic heterocycles. The molecular weight excluding hydrogens is 356 g/mol. The third kappa shape index (κ3) is 5.71. The van der Waals surface area contributed by atoms with Crippen molar-refractivity contribution in [3.63, 3.8) is 0 Å². The highest BCUT2D eigenvalue weighted by Crippen LogP contribution is 2.26.